The van der Waals surface area contributed by atoms with Gasteiger partial charge in [-0.25, -0.2) is 12.7 Å². The van der Waals surface area contributed by atoms with Crippen LogP contribution in [0.15, 0.2) is 47.4 Å². The molecule has 140 valence electrons. The summed E-state index contributed by atoms with van der Waals surface area (Å²) < 4.78 is 25.6. The molecule has 0 unspecified atom stereocenters. The average Bonchev–Trinajstić information content (AvgIpc) is 2.57. The van der Waals surface area contributed by atoms with Crippen LogP contribution in [0.4, 0.5) is 5.69 Å². The minimum absolute atomic E-state index is 0.0704. The Morgan fingerprint density at radius 2 is 1.85 bits per heavy atom. The van der Waals surface area contributed by atoms with Gasteiger partial charge in [-0.15, -0.1) is 11.8 Å². The van der Waals surface area contributed by atoms with Crippen molar-refractivity contribution in [1.82, 2.24) is 4.31 Å². The van der Waals surface area contributed by atoms with Gasteiger partial charge in [-0.3, -0.25) is 4.79 Å². The Labute approximate surface area is 159 Å². The molecule has 0 aromatic heterocycles. The number of rotatable bonds is 7. The maximum Gasteiger partial charge on any atom is 0.242 e. The van der Waals surface area contributed by atoms with Crippen LogP contribution >= 0.6 is 11.8 Å². The van der Waals surface area contributed by atoms with Crippen LogP contribution in [0.5, 0.6) is 0 Å². The molecule has 5 nitrogen and oxygen atoms in total. The Balaban J connectivity index is 1.92. The third-order valence-corrected chi connectivity index (χ3v) is 6.65. The molecule has 1 N–H and O–H groups in total. The molecule has 0 bridgehead atoms. The molecule has 1 amide bonds. The molecule has 0 saturated heterocycles. The van der Waals surface area contributed by atoms with Crippen molar-refractivity contribution in [2.45, 2.75) is 24.5 Å². The minimum Gasteiger partial charge on any atom is -0.325 e. The van der Waals surface area contributed by atoms with Gasteiger partial charge >= 0.3 is 0 Å². The van der Waals surface area contributed by atoms with E-state index in [0.717, 1.165) is 22.4 Å². The van der Waals surface area contributed by atoms with Crippen molar-refractivity contribution in [3.05, 3.63) is 59.2 Å². The Hall–Kier alpha value is -1.83. The zero-order valence-electron chi connectivity index (χ0n) is 15.4. The standard InChI is InChI=1S/C19H24N2O3S2/c1-14-8-9-18(15(2)10-14)20-19(22)13-25-12-16-6-5-7-17(11-16)26(23,24)21(3)4/h5-11H,12-13H2,1-4H3,(H,20,22). The predicted octanol–water partition coefficient (Wildman–Crippen LogP) is 3.43. The van der Waals surface area contributed by atoms with Crippen molar-refractivity contribution in [3.8, 4) is 0 Å². The van der Waals surface area contributed by atoms with Gasteiger partial charge in [-0.1, -0.05) is 29.8 Å². The third kappa shape index (κ3) is 5.33. The lowest BCUT2D eigenvalue weighted by atomic mass is 10.1. The Morgan fingerprint density at radius 1 is 1.12 bits per heavy atom. The number of amides is 1. The summed E-state index contributed by atoms with van der Waals surface area (Å²) in [7, 11) is -0.429. The zero-order chi connectivity index (χ0) is 19.3. The quantitative estimate of drug-likeness (QED) is 0.784. The van der Waals surface area contributed by atoms with E-state index in [2.05, 4.69) is 5.32 Å². The number of carbonyl (C=O) groups excluding carboxylic acids is 1. The third-order valence-electron chi connectivity index (χ3n) is 3.83. The monoisotopic (exact) mass is 392 g/mol. The second kappa shape index (κ2) is 8.70. The maximum atomic E-state index is 12.2. The molecule has 0 fully saturated rings. The number of carbonyl (C=O) groups is 1. The lowest BCUT2D eigenvalue weighted by Gasteiger charge is -2.12. The lowest BCUT2D eigenvalue weighted by molar-refractivity contribution is -0.113. The second-order valence-electron chi connectivity index (χ2n) is 6.29. The Kier molecular flexibility index (Phi) is 6.86. The molecule has 0 heterocycles. The lowest BCUT2D eigenvalue weighted by Crippen LogP contribution is -2.22. The second-order valence-corrected chi connectivity index (χ2v) is 9.43. The maximum absolute atomic E-state index is 12.2. The highest BCUT2D eigenvalue weighted by Crippen LogP contribution is 2.20. The van der Waals surface area contributed by atoms with E-state index in [0.29, 0.717) is 11.5 Å². The van der Waals surface area contributed by atoms with Gasteiger partial charge < -0.3 is 5.32 Å². The number of sulfonamides is 1. The van der Waals surface area contributed by atoms with E-state index < -0.39 is 10.0 Å². The first-order valence-electron chi connectivity index (χ1n) is 8.16. The SMILES string of the molecule is Cc1ccc(NC(=O)CSCc2cccc(S(=O)(=O)N(C)C)c2)c(C)c1. The van der Waals surface area contributed by atoms with Crippen LogP contribution in [0.3, 0.4) is 0 Å². The molecule has 0 radical (unpaired) electrons. The highest BCUT2D eigenvalue weighted by molar-refractivity contribution is 7.99. The molecule has 2 aromatic rings. The fourth-order valence-corrected chi connectivity index (χ4v) is 4.16. The first-order chi connectivity index (χ1) is 12.2. The first-order valence-corrected chi connectivity index (χ1v) is 10.8. The summed E-state index contributed by atoms with van der Waals surface area (Å²) in [6.07, 6.45) is 0. The fraction of sp³-hybridized carbons (Fsp3) is 0.316. The van der Waals surface area contributed by atoms with E-state index in [-0.39, 0.29) is 10.8 Å². The van der Waals surface area contributed by atoms with Gasteiger partial charge in [-0.2, -0.15) is 0 Å². The van der Waals surface area contributed by atoms with Gasteiger partial charge in [-0.05, 0) is 43.2 Å². The van der Waals surface area contributed by atoms with Crippen molar-refractivity contribution in [2.75, 3.05) is 25.2 Å². The fourth-order valence-electron chi connectivity index (χ4n) is 2.41. The van der Waals surface area contributed by atoms with Crippen LogP contribution in [0.1, 0.15) is 16.7 Å². The number of hydrogen-bond donors (Lipinski definition) is 1. The molecule has 0 aliphatic carbocycles. The van der Waals surface area contributed by atoms with Crippen LogP contribution in [0.25, 0.3) is 0 Å². The van der Waals surface area contributed by atoms with Gasteiger partial charge in [0.1, 0.15) is 0 Å². The van der Waals surface area contributed by atoms with Crippen LogP contribution in [-0.2, 0) is 20.6 Å². The number of thioether (sulfide) groups is 1. The van der Waals surface area contributed by atoms with Crippen molar-refractivity contribution >= 4 is 33.4 Å². The topological polar surface area (TPSA) is 66.5 Å². The Bertz CT molecular complexity index is 893. The summed E-state index contributed by atoms with van der Waals surface area (Å²) >= 11 is 1.45. The molecular weight excluding hydrogens is 368 g/mol. The van der Waals surface area contributed by atoms with E-state index in [9.17, 15) is 13.2 Å². The summed E-state index contributed by atoms with van der Waals surface area (Å²) in [4.78, 5) is 12.4. The molecule has 7 heteroatoms. The van der Waals surface area contributed by atoms with Gasteiger partial charge in [0.05, 0.1) is 10.6 Å². The van der Waals surface area contributed by atoms with E-state index in [1.165, 1.54) is 30.2 Å². The van der Waals surface area contributed by atoms with E-state index in [4.69, 9.17) is 0 Å². The Morgan fingerprint density at radius 3 is 2.50 bits per heavy atom. The summed E-state index contributed by atoms with van der Waals surface area (Å²) in [5.41, 5.74) is 3.88. The largest absolute Gasteiger partial charge is 0.325 e. The van der Waals surface area contributed by atoms with Crippen molar-refractivity contribution in [2.24, 2.45) is 0 Å². The molecule has 2 aromatic carbocycles. The number of nitrogens with one attached hydrogen (secondary N) is 1. The van der Waals surface area contributed by atoms with Gasteiger partial charge in [0.2, 0.25) is 15.9 Å². The number of nitrogens with zero attached hydrogens (tertiary/aromatic N) is 1. The molecule has 0 atom stereocenters. The molecule has 0 aliphatic rings. The normalized spacial score (nSPS) is 11.6. The molecule has 0 saturated carbocycles. The van der Waals surface area contributed by atoms with Crippen molar-refractivity contribution < 1.29 is 13.2 Å². The molecule has 26 heavy (non-hydrogen) atoms. The van der Waals surface area contributed by atoms with E-state index in [1.54, 1.807) is 18.2 Å². The molecule has 0 aliphatic heterocycles. The molecule has 0 spiro atoms. The number of benzene rings is 2. The smallest absolute Gasteiger partial charge is 0.242 e. The zero-order valence-corrected chi connectivity index (χ0v) is 17.1. The summed E-state index contributed by atoms with van der Waals surface area (Å²) in [5.74, 6) is 0.800. The van der Waals surface area contributed by atoms with Gasteiger partial charge in [0, 0.05) is 25.5 Å². The summed E-state index contributed by atoms with van der Waals surface area (Å²) in [6, 6.07) is 12.7. The van der Waals surface area contributed by atoms with Crippen LogP contribution < -0.4 is 5.32 Å². The van der Waals surface area contributed by atoms with E-state index in [1.807, 2.05) is 38.1 Å². The predicted molar refractivity (Wildman–Crippen MR) is 108 cm³/mol. The number of hydrogen-bond acceptors (Lipinski definition) is 4. The van der Waals surface area contributed by atoms with Gasteiger partial charge in [0.15, 0.2) is 0 Å². The highest BCUT2D eigenvalue weighted by atomic mass is 32.2. The molecule has 2 rings (SSSR count). The minimum atomic E-state index is -3.44. The van der Waals surface area contributed by atoms with Gasteiger partial charge in [0.25, 0.3) is 0 Å². The van der Waals surface area contributed by atoms with E-state index >= 15 is 0 Å². The summed E-state index contributed by atoms with van der Waals surface area (Å²) in [5, 5.41) is 2.91. The average molecular weight is 393 g/mol. The van der Waals surface area contributed by atoms with Crippen LogP contribution in [0.2, 0.25) is 0 Å². The van der Waals surface area contributed by atoms with Crippen LogP contribution in [0, 0.1) is 13.8 Å². The van der Waals surface area contributed by atoms with Crippen molar-refractivity contribution in [3.63, 3.8) is 0 Å². The number of anilines is 1. The van der Waals surface area contributed by atoms with Crippen LogP contribution in [-0.4, -0.2) is 38.5 Å². The number of aryl methyl sites for hydroxylation is 2. The van der Waals surface area contributed by atoms with Crippen molar-refractivity contribution in [1.29, 1.82) is 0 Å². The first kappa shape index (κ1) is 20.5. The molecular formula is C19H24N2O3S2. The summed E-state index contributed by atoms with van der Waals surface area (Å²) in [6.45, 7) is 3.98. The highest BCUT2D eigenvalue weighted by Gasteiger charge is 2.17.